The van der Waals surface area contributed by atoms with E-state index in [0.717, 1.165) is 24.5 Å². The summed E-state index contributed by atoms with van der Waals surface area (Å²) in [6.45, 7) is 5.73. The Labute approximate surface area is 166 Å². The predicted molar refractivity (Wildman–Crippen MR) is 113 cm³/mol. The Morgan fingerprint density at radius 2 is 1.86 bits per heavy atom. The zero-order valence-electron chi connectivity index (χ0n) is 16.7. The number of rotatable bonds is 5. The SMILES string of the molecule is Cc1nn([C@H]2CCS(=O)(=O)C2)c(C)c1CN(C)Cc1cccc2ccccc12. The third-order valence-electron chi connectivity index (χ3n) is 5.78. The zero-order chi connectivity index (χ0) is 19.9. The first kappa shape index (κ1) is 19.2. The molecule has 4 rings (SSSR count). The number of hydrogen-bond donors (Lipinski definition) is 0. The molecule has 28 heavy (non-hydrogen) atoms. The third-order valence-corrected chi connectivity index (χ3v) is 7.53. The van der Waals surface area contributed by atoms with E-state index in [1.807, 2.05) is 11.6 Å². The quantitative estimate of drug-likeness (QED) is 0.659. The average molecular weight is 398 g/mol. The lowest BCUT2D eigenvalue weighted by Crippen LogP contribution is -2.19. The summed E-state index contributed by atoms with van der Waals surface area (Å²) in [6, 6.07) is 14.9. The molecule has 1 saturated heterocycles. The van der Waals surface area contributed by atoms with Gasteiger partial charge in [0.05, 0.1) is 23.2 Å². The van der Waals surface area contributed by atoms with Crippen molar-refractivity contribution in [3.05, 3.63) is 65.0 Å². The lowest BCUT2D eigenvalue weighted by atomic mass is 10.0. The molecular formula is C22H27N3O2S. The van der Waals surface area contributed by atoms with Crippen molar-refractivity contribution in [3.8, 4) is 0 Å². The highest BCUT2D eigenvalue weighted by atomic mass is 32.2. The normalized spacial score (nSPS) is 18.9. The van der Waals surface area contributed by atoms with Crippen LogP contribution in [0.3, 0.4) is 0 Å². The molecule has 0 unspecified atom stereocenters. The van der Waals surface area contributed by atoms with Crippen LogP contribution in [0.5, 0.6) is 0 Å². The first-order valence-electron chi connectivity index (χ1n) is 9.74. The number of aromatic nitrogens is 2. The molecule has 5 nitrogen and oxygen atoms in total. The van der Waals surface area contributed by atoms with Crippen LogP contribution < -0.4 is 0 Å². The topological polar surface area (TPSA) is 55.2 Å². The fraction of sp³-hybridized carbons (Fsp3) is 0.409. The molecule has 0 spiro atoms. The van der Waals surface area contributed by atoms with Crippen LogP contribution in [0.1, 0.15) is 35.0 Å². The maximum Gasteiger partial charge on any atom is 0.152 e. The molecule has 1 aliphatic heterocycles. The van der Waals surface area contributed by atoms with Gasteiger partial charge in [0.25, 0.3) is 0 Å². The second-order valence-electron chi connectivity index (χ2n) is 7.96. The number of aryl methyl sites for hydroxylation is 1. The van der Waals surface area contributed by atoms with Crippen molar-refractivity contribution >= 4 is 20.6 Å². The molecule has 2 aromatic carbocycles. The summed E-state index contributed by atoms with van der Waals surface area (Å²) in [5.74, 6) is 0.479. The first-order chi connectivity index (χ1) is 13.3. The van der Waals surface area contributed by atoms with Gasteiger partial charge in [-0.25, -0.2) is 8.42 Å². The van der Waals surface area contributed by atoms with E-state index in [1.165, 1.54) is 21.9 Å². The van der Waals surface area contributed by atoms with Gasteiger partial charge in [-0.3, -0.25) is 9.58 Å². The number of benzene rings is 2. The molecule has 0 bridgehead atoms. The van der Waals surface area contributed by atoms with Crippen LogP contribution in [-0.4, -0.2) is 41.7 Å². The van der Waals surface area contributed by atoms with Gasteiger partial charge in [-0.15, -0.1) is 0 Å². The fourth-order valence-corrected chi connectivity index (χ4v) is 5.99. The second kappa shape index (κ2) is 7.33. The molecule has 0 radical (unpaired) electrons. The van der Waals surface area contributed by atoms with Crippen molar-refractivity contribution in [2.75, 3.05) is 18.6 Å². The lowest BCUT2D eigenvalue weighted by Gasteiger charge is -2.19. The molecule has 1 atom stereocenters. The smallest absolute Gasteiger partial charge is 0.152 e. The summed E-state index contributed by atoms with van der Waals surface area (Å²) in [4.78, 5) is 2.30. The maximum atomic E-state index is 11.9. The number of nitrogens with zero attached hydrogens (tertiary/aromatic N) is 3. The molecule has 0 N–H and O–H groups in total. The molecule has 0 aliphatic carbocycles. The second-order valence-corrected chi connectivity index (χ2v) is 10.2. The summed E-state index contributed by atoms with van der Waals surface area (Å²) >= 11 is 0. The van der Waals surface area contributed by atoms with Crippen LogP contribution in [0.15, 0.2) is 42.5 Å². The van der Waals surface area contributed by atoms with E-state index in [-0.39, 0.29) is 17.5 Å². The van der Waals surface area contributed by atoms with Crippen LogP contribution >= 0.6 is 0 Å². The van der Waals surface area contributed by atoms with Crippen molar-refractivity contribution in [2.45, 2.75) is 39.4 Å². The zero-order valence-corrected chi connectivity index (χ0v) is 17.5. The van der Waals surface area contributed by atoms with Gasteiger partial charge in [-0.2, -0.15) is 5.10 Å². The largest absolute Gasteiger partial charge is 0.298 e. The standard InChI is InChI=1S/C22H27N3O2S/c1-16-22(17(2)25(23-16)20-11-12-28(26,27)15-20)14-24(3)13-19-9-6-8-18-7-4-5-10-21(18)19/h4-10,20H,11-15H2,1-3H3/t20-/m0/s1. The Bertz CT molecular complexity index is 1110. The fourth-order valence-electron chi connectivity index (χ4n) is 4.30. The van der Waals surface area contributed by atoms with E-state index in [0.29, 0.717) is 6.42 Å². The van der Waals surface area contributed by atoms with Crippen LogP contribution in [0.2, 0.25) is 0 Å². The molecule has 0 amide bonds. The first-order valence-corrected chi connectivity index (χ1v) is 11.6. The van der Waals surface area contributed by atoms with Gasteiger partial charge in [-0.05, 0) is 43.7 Å². The van der Waals surface area contributed by atoms with Crippen molar-refractivity contribution in [3.63, 3.8) is 0 Å². The van der Waals surface area contributed by atoms with Gasteiger partial charge >= 0.3 is 0 Å². The number of fused-ring (bicyclic) bond motifs is 1. The van der Waals surface area contributed by atoms with Crippen LogP contribution in [0.25, 0.3) is 10.8 Å². The summed E-state index contributed by atoms with van der Waals surface area (Å²) in [6.07, 6.45) is 0.662. The van der Waals surface area contributed by atoms with E-state index in [4.69, 9.17) is 5.10 Å². The molecule has 1 aliphatic rings. The summed E-state index contributed by atoms with van der Waals surface area (Å²) in [7, 11) is -0.797. The van der Waals surface area contributed by atoms with E-state index in [2.05, 4.69) is 61.3 Å². The molecule has 148 valence electrons. The minimum absolute atomic E-state index is 0.0270. The monoisotopic (exact) mass is 397 g/mol. The van der Waals surface area contributed by atoms with Crippen molar-refractivity contribution in [1.82, 2.24) is 14.7 Å². The highest BCUT2D eigenvalue weighted by molar-refractivity contribution is 7.91. The Morgan fingerprint density at radius 3 is 2.61 bits per heavy atom. The van der Waals surface area contributed by atoms with E-state index in [1.54, 1.807) is 0 Å². The molecular weight excluding hydrogens is 370 g/mol. The minimum atomic E-state index is -2.92. The Kier molecular flexibility index (Phi) is 5.02. The van der Waals surface area contributed by atoms with Crippen molar-refractivity contribution in [1.29, 1.82) is 0 Å². The molecule has 0 saturated carbocycles. The van der Waals surface area contributed by atoms with E-state index < -0.39 is 9.84 Å². The van der Waals surface area contributed by atoms with Crippen LogP contribution in [0, 0.1) is 13.8 Å². The van der Waals surface area contributed by atoms with Crippen LogP contribution in [0.4, 0.5) is 0 Å². The molecule has 1 fully saturated rings. The molecule has 6 heteroatoms. The maximum absolute atomic E-state index is 11.9. The third kappa shape index (κ3) is 3.71. The summed E-state index contributed by atoms with van der Waals surface area (Å²) in [5, 5.41) is 7.24. The number of hydrogen-bond acceptors (Lipinski definition) is 4. The average Bonchev–Trinajstić information content (AvgIpc) is 3.15. The highest BCUT2D eigenvalue weighted by Gasteiger charge is 2.31. The van der Waals surface area contributed by atoms with Gasteiger partial charge in [0, 0.05) is 24.3 Å². The molecule has 3 aromatic rings. The van der Waals surface area contributed by atoms with E-state index in [9.17, 15) is 8.42 Å². The van der Waals surface area contributed by atoms with Crippen LogP contribution in [-0.2, 0) is 22.9 Å². The Morgan fingerprint density at radius 1 is 1.11 bits per heavy atom. The molecule has 2 heterocycles. The molecule has 1 aromatic heterocycles. The summed E-state index contributed by atoms with van der Waals surface area (Å²) < 4.78 is 25.7. The van der Waals surface area contributed by atoms with Gasteiger partial charge in [0.1, 0.15) is 0 Å². The summed E-state index contributed by atoms with van der Waals surface area (Å²) in [5.41, 5.74) is 4.59. The predicted octanol–water partition coefficient (Wildman–Crippen LogP) is 3.64. The van der Waals surface area contributed by atoms with Crippen molar-refractivity contribution in [2.24, 2.45) is 0 Å². The van der Waals surface area contributed by atoms with Gasteiger partial charge in [0.15, 0.2) is 9.84 Å². The van der Waals surface area contributed by atoms with Gasteiger partial charge in [-0.1, -0.05) is 42.5 Å². The van der Waals surface area contributed by atoms with Gasteiger partial charge in [0.2, 0.25) is 0 Å². The van der Waals surface area contributed by atoms with E-state index >= 15 is 0 Å². The van der Waals surface area contributed by atoms with Crippen molar-refractivity contribution < 1.29 is 8.42 Å². The highest BCUT2D eigenvalue weighted by Crippen LogP contribution is 2.28. The number of sulfone groups is 1. The Hall–Kier alpha value is -2.18. The lowest BCUT2D eigenvalue weighted by molar-refractivity contribution is 0.318. The Balaban J connectivity index is 1.54. The van der Waals surface area contributed by atoms with Gasteiger partial charge < -0.3 is 0 Å². The minimum Gasteiger partial charge on any atom is -0.298 e.